The Hall–Kier alpha value is -2.63. The highest BCUT2D eigenvalue weighted by atomic mass is 16.6. The zero-order valence-corrected chi connectivity index (χ0v) is 15.4. The fraction of sp³-hybridized carbons (Fsp3) is 0.450. The molecular formula is C20H23N3O3. The van der Waals surface area contributed by atoms with E-state index >= 15 is 0 Å². The third kappa shape index (κ3) is 2.52. The van der Waals surface area contributed by atoms with Gasteiger partial charge in [0.1, 0.15) is 6.61 Å². The molecule has 0 bridgehead atoms. The number of cyclic esters (lactones) is 1. The van der Waals surface area contributed by atoms with Crippen molar-refractivity contribution in [1.82, 2.24) is 14.8 Å². The lowest BCUT2D eigenvalue weighted by atomic mass is 9.92. The first-order chi connectivity index (χ1) is 12.4. The number of hydrogen-bond donors (Lipinski definition) is 0. The number of nitrogens with zero attached hydrogens (tertiary/aromatic N) is 3. The van der Waals surface area contributed by atoms with E-state index in [9.17, 15) is 9.59 Å². The number of carbonyl (C=O) groups is 2. The van der Waals surface area contributed by atoms with Crippen molar-refractivity contribution in [2.75, 3.05) is 26.2 Å². The van der Waals surface area contributed by atoms with Gasteiger partial charge in [0, 0.05) is 25.0 Å². The number of piperazine rings is 1. The summed E-state index contributed by atoms with van der Waals surface area (Å²) in [6.07, 6.45) is 0.495. The molecule has 2 fully saturated rings. The molecule has 2 aromatic rings. The minimum absolute atomic E-state index is 0.0229. The Morgan fingerprint density at radius 2 is 2.08 bits per heavy atom. The van der Waals surface area contributed by atoms with Gasteiger partial charge in [-0.1, -0.05) is 18.6 Å². The molecule has 3 heterocycles. The van der Waals surface area contributed by atoms with Gasteiger partial charge in [0.15, 0.2) is 0 Å². The van der Waals surface area contributed by atoms with E-state index in [4.69, 9.17) is 4.74 Å². The predicted molar refractivity (Wildman–Crippen MR) is 98.2 cm³/mol. The van der Waals surface area contributed by atoms with Crippen molar-refractivity contribution in [1.29, 1.82) is 0 Å². The lowest BCUT2D eigenvalue weighted by Gasteiger charge is -2.44. The van der Waals surface area contributed by atoms with Gasteiger partial charge in [-0.15, -0.1) is 0 Å². The van der Waals surface area contributed by atoms with Gasteiger partial charge in [0.25, 0.3) is 5.91 Å². The largest absolute Gasteiger partial charge is 0.447 e. The van der Waals surface area contributed by atoms with Gasteiger partial charge in [-0.2, -0.15) is 0 Å². The van der Waals surface area contributed by atoms with Gasteiger partial charge in [-0.3, -0.25) is 14.7 Å². The highest BCUT2D eigenvalue weighted by molar-refractivity contribution is 5.99. The molecule has 2 aliphatic heterocycles. The van der Waals surface area contributed by atoms with E-state index in [1.807, 2.05) is 49.9 Å². The number of carbonyl (C=O) groups excluding carboxylic acids is 2. The summed E-state index contributed by atoms with van der Waals surface area (Å²) in [5.41, 5.74) is 3.00. The summed E-state index contributed by atoms with van der Waals surface area (Å²) in [6, 6.07) is 8.00. The number of rotatable bonds is 2. The number of ether oxygens (including phenoxy) is 1. The van der Waals surface area contributed by atoms with E-state index < -0.39 is 5.54 Å². The molecule has 4 rings (SSSR count). The van der Waals surface area contributed by atoms with Crippen molar-refractivity contribution in [3.05, 3.63) is 41.1 Å². The number of hydrogen-bond acceptors (Lipinski definition) is 4. The van der Waals surface area contributed by atoms with Gasteiger partial charge in [0.2, 0.25) is 0 Å². The van der Waals surface area contributed by atoms with Crippen LogP contribution in [0.2, 0.25) is 0 Å². The first kappa shape index (κ1) is 16.8. The van der Waals surface area contributed by atoms with Crippen molar-refractivity contribution in [2.45, 2.75) is 32.7 Å². The number of fused-ring (bicyclic) bond motifs is 2. The van der Waals surface area contributed by atoms with Crippen LogP contribution in [0.3, 0.4) is 0 Å². The second-order valence-corrected chi connectivity index (χ2v) is 7.33. The van der Waals surface area contributed by atoms with Crippen molar-refractivity contribution in [2.24, 2.45) is 0 Å². The highest BCUT2D eigenvalue weighted by Gasteiger charge is 2.50. The van der Waals surface area contributed by atoms with Crippen LogP contribution in [0.1, 0.15) is 35.0 Å². The number of benzene rings is 1. The molecule has 6 nitrogen and oxygen atoms in total. The van der Waals surface area contributed by atoms with E-state index in [2.05, 4.69) is 4.98 Å². The van der Waals surface area contributed by atoms with Crippen molar-refractivity contribution >= 4 is 22.9 Å². The first-order valence-electron chi connectivity index (χ1n) is 9.05. The Bertz CT molecular complexity index is 911. The van der Waals surface area contributed by atoms with Crippen LogP contribution in [0.15, 0.2) is 24.3 Å². The average Bonchev–Trinajstić information content (AvgIpc) is 2.98. The van der Waals surface area contributed by atoms with Gasteiger partial charge in [0.05, 0.1) is 22.3 Å². The van der Waals surface area contributed by atoms with Crippen LogP contribution >= 0.6 is 0 Å². The molecule has 0 radical (unpaired) electrons. The molecule has 2 amide bonds. The van der Waals surface area contributed by atoms with Crippen molar-refractivity contribution in [3.8, 4) is 0 Å². The van der Waals surface area contributed by atoms with Crippen LogP contribution in [0, 0.1) is 13.8 Å². The fourth-order valence-corrected chi connectivity index (χ4v) is 4.02. The summed E-state index contributed by atoms with van der Waals surface area (Å²) in [5, 5.41) is 0.974. The lowest BCUT2D eigenvalue weighted by molar-refractivity contribution is 0.0361. The van der Waals surface area contributed by atoms with Crippen LogP contribution in [-0.4, -0.2) is 58.6 Å². The first-order valence-corrected chi connectivity index (χ1v) is 9.05. The Balaban J connectivity index is 1.67. The smallest absolute Gasteiger partial charge is 0.410 e. The molecule has 0 aliphatic carbocycles. The number of pyridine rings is 1. The Morgan fingerprint density at radius 1 is 1.27 bits per heavy atom. The minimum Gasteiger partial charge on any atom is -0.447 e. The molecule has 26 heavy (non-hydrogen) atoms. The maximum absolute atomic E-state index is 13.2. The summed E-state index contributed by atoms with van der Waals surface area (Å²) in [6.45, 7) is 7.81. The van der Waals surface area contributed by atoms with Crippen LogP contribution in [0.4, 0.5) is 4.79 Å². The Kier molecular flexibility index (Phi) is 3.86. The van der Waals surface area contributed by atoms with Gasteiger partial charge in [-0.05, 0) is 38.5 Å². The van der Waals surface area contributed by atoms with Gasteiger partial charge < -0.3 is 9.64 Å². The topological polar surface area (TPSA) is 62.7 Å². The molecule has 1 aromatic heterocycles. The molecule has 1 aromatic carbocycles. The monoisotopic (exact) mass is 353 g/mol. The standard InChI is InChI=1S/C20H23N3O3/c1-4-20-11-22(7-8-23(20)19(25)26-12-20)18(24)16-10-15-9-13(2)5-6-17(15)21-14(16)3/h5-6,9-10H,4,7-8,11-12H2,1-3H3. The summed E-state index contributed by atoms with van der Waals surface area (Å²) >= 11 is 0. The van der Waals surface area contributed by atoms with E-state index in [0.717, 1.165) is 28.6 Å². The molecule has 2 saturated heterocycles. The number of amides is 2. The number of aromatic nitrogens is 1. The molecule has 0 saturated carbocycles. The average molecular weight is 353 g/mol. The van der Waals surface area contributed by atoms with Crippen molar-refractivity contribution in [3.63, 3.8) is 0 Å². The van der Waals surface area contributed by atoms with Crippen LogP contribution < -0.4 is 0 Å². The van der Waals surface area contributed by atoms with Crippen molar-refractivity contribution < 1.29 is 14.3 Å². The highest BCUT2D eigenvalue weighted by Crippen LogP contribution is 2.32. The summed E-state index contributed by atoms with van der Waals surface area (Å²) < 4.78 is 5.26. The lowest BCUT2D eigenvalue weighted by Crippen LogP contribution is -2.62. The number of aryl methyl sites for hydroxylation is 2. The zero-order valence-electron chi connectivity index (χ0n) is 15.4. The second kappa shape index (κ2) is 5.97. The molecule has 1 atom stereocenters. The minimum atomic E-state index is -0.403. The predicted octanol–water partition coefficient (Wildman–Crippen LogP) is 2.91. The normalized spacial score (nSPS) is 22.5. The molecule has 6 heteroatoms. The maximum atomic E-state index is 13.2. The van der Waals surface area contributed by atoms with E-state index in [1.165, 1.54) is 0 Å². The second-order valence-electron chi connectivity index (χ2n) is 7.33. The molecule has 136 valence electrons. The molecule has 1 unspecified atom stereocenters. The van der Waals surface area contributed by atoms with Crippen LogP contribution in [0.5, 0.6) is 0 Å². The third-order valence-electron chi connectivity index (χ3n) is 5.67. The zero-order chi connectivity index (χ0) is 18.5. The third-order valence-corrected chi connectivity index (χ3v) is 5.67. The SMILES string of the molecule is CCC12COC(=O)N1CCN(C(=O)c1cc3cc(C)ccc3nc1C)C2. The molecule has 0 N–H and O–H groups in total. The Labute approximate surface area is 152 Å². The van der Waals surface area contributed by atoms with E-state index in [1.54, 1.807) is 4.90 Å². The summed E-state index contributed by atoms with van der Waals surface area (Å²) in [5.74, 6) is -0.0229. The van der Waals surface area contributed by atoms with Crippen LogP contribution in [-0.2, 0) is 4.74 Å². The maximum Gasteiger partial charge on any atom is 0.410 e. The van der Waals surface area contributed by atoms with E-state index in [0.29, 0.717) is 31.8 Å². The summed E-state index contributed by atoms with van der Waals surface area (Å²) in [4.78, 5) is 33.4. The quantitative estimate of drug-likeness (QED) is 0.833. The van der Waals surface area contributed by atoms with Gasteiger partial charge >= 0.3 is 6.09 Å². The van der Waals surface area contributed by atoms with Crippen LogP contribution in [0.25, 0.3) is 10.9 Å². The molecular weight excluding hydrogens is 330 g/mol. The van der Waals surface area contributed by atoms with E-state index in [-0.39, 0.29) is 12.0 Å². The summed E-state index contributed by atoms with van der Waals surface area (Å²) in [7, 11) is 0. The molecule has 0 spiro atoms. The Morgan fingerprint density at radius 3 is 2.85 bits per heavy atom. The fourth-order valence-electron chi connectivity index (χ4n) is 4.02. The molecule has 2 aliphatic rings. The van der Waals surface area contributed by atoms with Gasteiger partial charge in [-0.25, -0.2) is 4.79 Å².